The topological polar surface area (TPSA) is 0 Å². The number of rotatable bonds is 6. The lowest BCUT2D eigenvalue weighted by molar-refractivity contribution is 0.926. The van der Waals surface area contributed by atoms with Crippen LogP contribution >= 0.6 is 15.9 Å². The molecule has 0 saturated carbocycles. The molecule has 0 atom stereocenters. The van der Waals surface area contributed by atoms with E-state index >= 15 is 0 Å². The molecule has 0 nitrogen and oxygen atoms in total. The van der Waals surface area contributed by atoms with Crippen molar-refractivity contribution >= 4 is 15.9 Å². The van der Waals surface area contributed by atoms with Crippen molar-refractivity contribution in [2.45, 2.75) is 47.0 Å². The zero-order chi connectivity index (χ0) is 11.7. The van der Waals surface area contributed by atoms with Crippen LogP contribution in [0.1, 0.15) is 47.0 Å². The summed E-state index contributed by atoms with van der Waals surface area (Å²) in [5.41, 5.74) is 4.35. The second-order valence-corrected chi connectivity index (χ2v) is 4.97. The lowest BCUT2D eigenvalue weighted by Gasteiger charge is -2.03. The number of alkyl halides is 1. The van der Waals surface area contributed by atoms with Crippen LogP contribution in [0.2, 0.25) is 0 Å². The van der Waals surface area contributed by atoms with E-state index in [4.69, 9.17) is 0 Å². The highest BCUT2D eigenvalue weighted by molar-refractivity contribution is 9.09. The van der Waals surface area contributed by atoms with Crippen LogP contribution in [0.25, 0.3) is 0 Å². The van der Waals surface area contributed by atoms with Crippen molar-refractivity contribution < 1.29 is 0 Å². The maximum absolute atomic E-state index is 3.47. The Labute approximate surface area is 103 Å². The highest BCUT2D eigenvalue weighted by atomic mass is 79.9. The minimum absolute atomic E-state index is 0.966. The summed E-state index contributed by atoms with van der Waals surface area (Å²) < 4.78 is 0. The van der Waals surface area contributed by atoms with Gasteiger partial charge in [-0.2, -0.15) is 0 Å². The van der Waals surface area contributed by atoms with E-state index in [1.54, 1.807) is 0 Å². The summed E-state index contributed by atoms with van der Waals surface area (Å²) in [6.07, 6.45) is 10.3. The number of halogens is 1. The van der Waals surface area contributed by atoms with Crippen LogP contribution in [0.15, 0.2) is 34.9 Å². The van der Waals surface area contributed by atoms with Gasteiger partial charge in [0.05, 0.1) is 0 Å². The average molecular weight is 271 g/mol. The fourth-order valence-corrected chi connectivity index (χ4v) is 1.74. The summed E-state index contributed by atoms with van der Waals surface area (Å²) in [6, 6.07) is 0. The van der Waals surface area contributed by atoms with Crippen LogP contribution < -0.4 is 0 Å². The van der Waals surface area contributed by atoms with Gasteiger partial charge >= 0.3 is 0 Å². The second-order valence-electron chi connectivity index (χ2n) is 4.32. The summed E-state index contributed by atoms with van der Waals surface area (Å²) in [4.78, 5) is 0. The number of allylic oxidation sites excluding steroid dienone is 6. The normalized spacial score (nSPS) is 11.1. The molecule has 86 valence electrons. The van der Waals surface area contributed by atoms with Crippen molar-refractivity contribution in [2.24, 2.45) is 0 Å². The van der Waals surface area contributed by atoms with E-state index < -0.39 is 0 Å². The van der Waals surface area contributed by atoms with Crippen molar-refractivity contribution in [3.63, 3.8) is 0 Å². The summed E-state index contributed by atoms with van der Waals surface area (Å²) >= 11 is 3.47. The summed E-state index contributed by atoms with van der Waals surface area (Å²) in [5, 5.41) is 0.966. The maximum atomic E-state index is 3.47. The molecule has 0 bridgehead atoms. The van der Waals surface area contributed by atoms with E-state index in [-0.39, 0.29) is 0 Å². The Morgan fingerprint density at radius 3 is 2.00 bits per heavy atom. The van der Waals surface area contributed by atoms with Crippen molar-refractivity contribution in [2.75, 3.05) is 5.33 Å². The van der Waals surface area contributed by atoms with E-state index in [0.717, 1.165) is 18.2 Å². The van der Waals surface area contributed by atoms with Crippen LogP contribution in [-0.2, 0) is 0 Å². The first-order valence-electron chi connectivity index (χ1n) is 5.57. The first-order valence-corrected chi connectivity index (χ1v) is 6.69. The highest BCUT2D eigenvalue weighted by Gasteiger charge is 1.94. The van der Waals surface area contributed by atoms with E-state index in [2.05, 4.69) is 61.9 Å². The molecule has 0 aliphatic rings. The van der Waals surface area contributed by atoms with Gasteiger partial charge in [-0.25, -0.2) is 0 Å². The first-order chi connectivity index (χ1) is 7.06. The zero-order valence-electron chi connectivity index (χ0n) is 10.4. The molecule has 0 fully saturated rings. The van der Waals surface area contributed by atoms with Gasteiger partial charge in [0.2, 0.25) is 0 Å². The standard InChI is InChI=1S/C14H23Br/c1-12(2)6-5-7-14(10-11-15)9-8-13(3)4/h6,8,10H,5,7,9,11H2,1-4H3/b14-10+. The predicted octanol–water partition coefficient (Wildman–Crippen LogP) is 5.41. The Balaban J connectivity index is 4.12. The summed E-state index contributed by atoms with van der Waals surface area (Å²) in [7, 11) is 0. The fraction of sp³-hybridized carbons (Fsp3) is 0.571. The Hall–Kier alpha value is -0.300. The van der Waals surface area contributed by atoms with Gasteiger partial charge in [-0.1, -0.05) is 50.9 Å². The highest BCUT2D eigenvalue weighted by Crippen LogP contribution is 2.14. The minimum Gasteiger partial charge on any atom is -0.0883 e. The Bertz CT molecular complexity index is 249. The average Bonchev–Trinajstić information content (AvgIpc) is 2.13. The van der Waals surface area contributed by atoms with E-state index in [0.29, 0.717) is 0 Å². The Morgan fingerprint density at radius 2 is 1.53 bits per heavy atom. The quantitative estimate of drug-likeness (QED) is 0.447. The van der Waals surface area contributed by atoms with Crippen molar-refractivity contribution in [1.82, 2.24) is 0 Å². The monoisotopic (exact) mass is 270 g/mol. The molecule has 0 aromatic heterocycles. The smallest absolute Gasteiger partial charge is 0.0214 e. The van der Waals surface area contributed by atoms with Gasteiger partial charge in [-0.15, -0.1) is 0 Å². The van der Waals surface area contributed by atoms with Gasteiger partial charge in [0.25, 0.3) is 0 Å². The zero-order valence-corrected chi connectivity index (χ0v) is 12.0. The molecule has 0 N–H and O–H groups in total. The first kappa shape index (κ1) is 14.7. The largest absolute Gasteiger partial charge is 0.0883 e. The van der Waals surface area contributed by atoms with Gasteiger partial charge in [0.15, 0.2) is 0 Å². The molecule has 0 saturated heterocycles. The van der Waals surface area contributed by atoms with E-state index in [1.807, 2.05) is 0 Å². The molecule has 0 amide bonds. The van der Waals surface area contributed by atoms with Gasteiger partial charge in [-0.3, -0.25) is 0 Å². The number of hydrogen-bond acceptors (Lipinski definition) is 0. The van der Waals surface area contributed by atoms with Gasteiger partial charge in [-0.05, 0) is 47.0 Å². The molecule has 1 heteroatoms. The van der Waals surface area contributed by atoms with Crippen molar-refractivity contribution in [1.29, 1.82) is 0 Å². The molecule has 0 unspecified atom stereocenters. The van der Waals surface area contributed by atoms with Crippen LogP contribution in [0.5, 0.6) is 0 Å². The third kappa shape index (κ3) is 9.99. The molecule has 0 rings (SSSR count). The summed E-state index contributed by atoms with van der Waals surface area (Å²) in [6.45, 7) is 8.62. The van der Waals surface area contributed by atoms with Crippen LogP contribution in [0, 0.1) is 0 Å². The lowest BCUT2D eigenvalue weighted by Crippen LogP contribution is -1.84. The molecular formula is C14H23Br. The molecule has 0 radical (unpaired) electrons. The lowest BCUT2D eigenvalue weighted by atomic mass is 10.0. The number of hydrogen-bond donors (Lipinski definition) is 0. The van der Waals surface area contributed by atoms with Crippen LogP contribution in [-0.4, -0.2) is 5.33 Å². The molecule has 0 aliphatic heterocycles. The Kier molecular flexibility index (Phi) is 8.79. The maximum Gasteiger partial charge on any atom is 0.0214 e. The predicted molar refractivity (Wildman–Crippen MR) is 74.6 cm³/mol. The van der Waals surface area contributed by atoms with Gasteiger partial charge in [0, 0.05) is 5.33 Å². The molecule has 0 spiro atoms. The van der Waals surface area contributed by atoms with E-state index in [1.165, 1.54) is 23.1 Å². The van der Waals surface area contributed by atoms with Gasteiger partial charge < -0.3 is 0 Å². The van der Waals surface area contributed by atoms with Crippen LogP contribution in [0.3, 0.4) is 0 Å². The molecule has 0 aromatic carbocycles. The molecule has 0 aromatic rings. The van der Waals surface area contributed by atoms with Crippen molar-refractivity contribution in [3.8, 4) is 0 Å². The molecule has 0 aliphatic carbocycles. The summed E-state index contributed by atoms with van der Waals surface area (Å²) in [5.74, 6) is 0. The molecular weight excluding hydrogens is 248 g/mol. The van der Waals surface area contributed by atoms with Crippen LogP contribution in [0.4, 0.5) is 0 Å². The third-order valence-corrected chi connectivity index (χ3v) is 2.48. The second kappa shape index (κ2) is 8.96. The molecule has 15 heavy (non-hydrogen) atoms. The molecule has 0 heterocycles. The Morgan fingerprint density at radius 1 is 0.933 bits per heavy atom. The fourth-order valence-electron chi connectivity index (χ4n) is 1.28. The van der Waals surface area contributed by atoms with E-state index in [9.17, 15) is 0 Å². The SMILES string of the molecule is CC(C)=CCC/C(=C\CBr)CC=C(C)C. The van der Waals surface area contributed by atoms with Crippen molar-refractivity contribution in [3.05, 3.63) is 34.9 Å². The third-order valence-electron chi connectivity index (χ3n) is 2.16. The van der Waals surface area contributed by atoms with Gasteiger partial charge in [0.1, 0.15) is 0 Å². The minimum atomic E-state index is 0.966.